The number of ether oxygens (including phenoxy) is 1. The molecule has 1 atom stereocenters. The second-order valence-electron chi connectivity index (χ2n) is 11.6. The SMILES string of the molecule is CC(=O)N1CCN(Cc2ccc3c(c2)OC(C)(C)CN(CC(O)CN2CCc4ccccc4C2)C3=O)CC1. The fourth-order valence-electron chi connectivity index (χ4n) is 5.90. The molecule has 3 aliphatic rings. The van der Waals surface area contributed by atoms with Gasteiger partial charge in [0.05, 0.1) is 18.2 Å². The number of hydrogen-bond donors (Lipinski definition) is 1. The molecule has 0 aliphatic carbocycles. The molecule has 0 saturated carbocycles. The lowest BCUT2D eigenvalue weighted by atomic mass is 9.99. The zero-order valence-electron chi connectivity index (χ0n) is 22.9. The van der Waals surface area contributed by atoms with Gasteiger partial charge in [-0.05, 0) is 49.1 Å². The second kappa shape index (κ2) is 11.0. The molecule has 5 rings (SSSR count). The fourth-order valence-corrected chi connectivity index (χ4v) is 5.90. The van der Waals surface area contributed by atoms with Crippen LogP contribution < -0.4 is 4.74 Å². The third-order valence-electron chi connectivity index (χ3n) is 7.86. The Bertz CT molecular complexity index is 1170. The normalized spacial score (nSPS) is 20.8. The summed E-state index contributed by atoms with van der Waals surface area (Å²) in [6.45, 7) is 12.4. The van der Waals surface area contributed by atoms with E-state index in [9.17, 15) is 14.7 Å². The van der Waals surface area contributed by atoms with Crippen molar-refractivity contribution in [2.45, 2.75) is 52.0 Å². The highest BCUT2D eigenvalue weighted by Crippen LogP contribution is 2.31. The molecule has 1 saturated heterocycles. The Morgan fingerprint density at radius 2 is 1.74 bits per heavy atom. The Morgan fingerprint density at radius 1 is 1.00 bits per heavy atom. The number of aliphatic hydroxyl groups is 1. The number of fused-ring (bicyclic) bond motifs is 2. The summed E-state index contributed by atoms with van der Waals surface area (Å²) in [5, 5.41) is 11.0. The van der Waals surface area contributed by atoms with Gasteiger partial charge in [0.1, 0.15) is 11.4 Å². The summed E-state index contributed by atoms with van der Waals surface area (Å²) >= 11 is 0. The molecule has 3 aliphatic heterocycles. The van der Waals surface area contributed by atoms with E-state index in [1.165, 1.54) is 11.1 Å². The topological polar surface area (TPSA) is 76.6 Å². The number of carbonyl (C=O) groups is 2. The molecule has 38 heavy (non-hydrogen) atoms. The zero-order valence-corrected chi connectivity index (χ0v) is 22.9. The second-order valence-corrected chi connectivity index (χ2v) is 11.6. The highest BCUT2D eigenvalue weighted by atomic mass is 16.5. The van der Waals surface area contributed by atoms with Crippen molar-refractivity contribution in [1.82, 2.24) is 19.6 Å². The summed E-state index contributed by atoms with van der Waals surface area (Å²) in [7, 11) is 0. The lowest BCUT2D eigenvalue weighted by Gasteiger charge is -2.34. The number of rotatable bonds is 6. The van der Waals surface area contributed by atoms with Crippen molar-refractivity contribution < 1.29 is 19.4 Å². The summed E-state index contributed by atoms with van der Waals surface area (Å²) < 4.78 is 6.37. The van der Waals surface area contributed by atoms with Crippen LogP contribution in [0.1, 0.15) is 47.8 Å². The largest absolute Gasteiger partial charge is 0.485 e. The smallest absolute Gasteiger partial charge is 0.257 e. The van der Waals surface area contributed by atoms with Gasteiger partial charge in [0.2, 0.25) is 5.91 Å². The first kappa shape index (κ1) is 26.7. The summed E-state index contributed by atoms with van der Waals surface area (Å²) in [4.78, 5) is 33.4. The molecule has 2 amide bonds. The molecule has 0 bridgehead atoms. The van der Waals surface area contributed by atoms with Gasteiger partial charge in [-0.15, -0.1) is 0 Å². The van der Waals surface area contributed by atoms with E-state index >= 15 is 0 Å². The van der Waals surface area contributed by atoms with Crippen LogP contribution in [0.5, 0.6) is 5.75 Å². The average molecular weight is 521 g/mol. The van der Waals surface area contributed by atoms with Crippen LogP contribution >= 0.6 is 0 Å². The van der Waals surface area contributed by atoms with Gasteiger partial charge >= 0.3 is 0 Å². The van der Waals surface area contributed by atoms with Crippen molar-refractivity contribution in [1.29, 1.82) is 0 Å². The predicted molar refractivity (Wildman–Crippen MR) is 146 cm³/mol. The van der Waals surface area contributed by atoms with Crippen LogP contribution in [0.25, 0.3) is 0 Å². The summed E-state index contributed by atoms with van der Waals surface area (Å²) in [5.74, 6) is 0.625. The first-order valence-electron chi connectivity index (χ1n) is 13.7. The molecule has 1 N–H and O–H groups in total. The zero-order chi connectivity index (χ0) is 26.9. The van der Waals surface area contributed by atoms with Crippen LogP contribution in [0.15, 0.2) is 42.5 Å². The highest BCUT2D eigenvalue weighted by molar-refractivity contribution is 5.97. The summed E-state index contributed by atoms with van der Waals surface area (Å²) in [6.07, 6.45) is 0.337. The molecular weight excluding hydrogens is 480 g/mol. The average Bonchev–Trinajstić information content (AvgIpc) is 2.96. The monoisotopic (exact) mass is 520 g/mol. The Morgan fingerprint density at radius 3 is 2.47 bits per heavy atom. The molecular formula is C30H40N4O4. The molecule has 0 radical (unpaired) electrons. The summed E-state index contributed by atoms with van der Waals surface area (Å²) in [5.41, 5.74) is 3.74. The first-order valence-corrected chi connectivity index (χ1v) is 13.7. The van der Waals surface area contributed by atoms with Crippen molar-refractivity contribution >= 4 is 11.8 Å². The Hall–Kier alpha value is -2.94. The van der Waals surface area contributed by atoms with Crippen LogP contribution in [-0.4, -0.2) is 101 Å². The number of piperazine rings is 1. The van der Waals surface area contributed by atoms with Crippen molar-refractivity contribution in [2.24, 2.45) is 0 Å². The van der Waals surface area contributed by atoms with Gasteiger partial charge in [-0.25, -0.2) is 0 Å². The number of β-amino-alcohol motifs (C(OH)–C–C–N with tert-alkyl or cyclic N) is 1. The maximum atomic E-state index is 13.6. The summed E-state index contributed by atoms with van der Waals surface area (Å²) in [6, 6.07) is 14.3. The minimum atomic E-state index is -0.644. The van der Waals surface area contributed by atoms with Crippen molar-refractivity contribution in [2.75, 3.05) is 52.4 Å². The minimum Gasteiger partial charge on any atom is -0.485 e. The van der Waals surface area contributed by atoms with E-state index < -0.39 is 11.7 Å². The molecule has 1 fully saturated rings. The van der Waals surface area contributed by atoms with Gasteiger partial charge in [0, 0.05) is 65.8 Å². The molecule has 8 heteroatoms. The standard InChI is InChI=1S/C30H40N4O4/c1-22(35)33-14-12-31(13-15-33)17-23-8-9-27-28(16-23)38-30(2,3)21-34(29(27)37)20-26(36)19-32-11-10-24-6-4-5-7-25(24)18-32/h4-9,16,26,36H,10-15,17-21H2,1-3H3. The molecule has 0 aromatic heterocycles. The maximum Gasteiger partial charge on any atom is 0.257 e. The minimum absolute atomic E-state index is 0.102. The number of aliphatic hydroxyl groups excluding tert-OH is 1. The number of benzene rings is 2. The van der Waals surface area contributed by atoms with E-state index in [4.69, 9.17) is 4.74 Å². The van der Waals surface area contributed by atoms with Crippen molar-refractivity contribution in [3.63, 3.8) is 0 Å². The van der Waals surface area contributed by atoms with E-state index in [1.54, 1.807) is 11.8 Å². The Labute approximate surface area is 225 Å². The number of nitrogens with zero attached hydrogens (tertiary/aromatic N) is 4. The van der Waals surface area contributed by atoms with E-state index in [1.807, 2.05) is 36.9 Å². The predicted octanol–water partition coefficient (Wildman–Crippen LogP) is 2.38. The fraction of sp³-hybridized carbons (Fsp3) is 0.533. The van der Waals surface area contributed by atoms with Crippen LogP contribution in [0.3, 0.4) is 0 Å². The van der Waals surface area contributed by atoms with Gasteiger partial charge in [-0.3, -0.25) is 19.4 Å². The number of hydrogen-bond acceptors (Lipinski definition) is 6. The van der Waals surface area contributed by atoms with Crippen molar-refractivity contribution in [3.05, 3.63) is 64.7 Å². The quantitative estimate of drug-likeness (QED) is 0.631. The molecule has 204 valence electrons. The third-order valence-corrected chi connectivity index (χ3v) is 7.86. The van der Waals surface area contributed by atoms with E-state index in [2.05, 4.69) is 34.1 Å². The van der Waals surface area contributed by atoms with Gasteiger partial charge in [0.25, 0.3) is 5.91 Å². The molecule has 3 heterocycles. The Balaban J connectivity index is 1.23. The van der Waals surface area contributed by atoms with Gasteiger partial charge in [-0.1, -0.05) is 30.3 Å². The van der Waals surface area contributed by atoms with Crippen LogP contribution in [-0.2, 0) is 24.3 Å². The van der Waals surface area contributed by atoms with Crippen LogP contribution in [0.2, 0.25) is 0 Å². The third kappa shape index (κ3) is 6.20. The van der Waals surface area contributed by atoms with Gasteiger partial charge in [0.15, 0.2) is 0 Å². The van der Waals surface area contributed by atoms with Crippen molar-refractivity contribution in [3.8, 4) is 5.75 Å². The molecule has 8 nitrogen and oxygen atoms in total. The number of carbonyl (C=O) groups excluding carboxylic acids is 2. The molecule has 2 aromatic carbocycles. The lowest BCUT2D eigenvalue weighted by molar-refractivity contribution is -0.130. The van der Waals surface area contributed by atoms with Crippen LogP contribution in [0, 0.1) is 0 Å². The van der Waals surface area contributed by atoms with Crippen LogP contribution in [0.4, 0.5) is 0 Å². The molecule has 1 unspecified atom stereocenters. The van der Waals surface area contributed by atoms with Gasteiger partial charge < -0.3 is 19.6 Å². The Kier molecular flexibility index (Phi) is 7.75. The van der Waals surface area contributed by atoms with E-state index in [-0.39, 0.29) is 18.4 Å². The van der Waals surface area contributed by atoms with E-state index in [0.29, 0.717) is 24.4 Å². The number of amides is 2. The first-order chi connectivity index (χ1) is 18.2. The lowest BCUT2D eigenvalue weighted by Crippen LogP contribution is -2.48. The molecule has 2 aromatic rings. The van der Waals surface area contributed by atoms with E-state index in [0.717, 1.165) is 57.8 Å². The van der Waals surface area contributed by atoms with Gasteiger partial charge in [-0.2, -0.15) is 0 Å². The highest BCUT2D eigenvalue weighted by Gasteiger charge is 2.35. The molecule has 0 spiro atoms. The maximum absolute atomic E-state index is 13.6.